The van der Waals surface area contributed by atoms with Gasteiger partial charge in [-0.05, 0) is 60.9 Å². The molecule has 0 saturated carbocycles. The minimum absolute atomic E-state index is 0.264. The highest BCUT2D eigenvalue weighted by Gasteiger charge is 2.16. The first-order valence-corrected chi connectivity index (χ1v) is 10.7. The molecule has 0 saturated heterocycles. The zero-order valence-electron chi connectivity index (χ0n) is 18.3. The van der Waals surface area contributed by atoms with Gasteiger partial charge in [0.25, 0.3) is 5.91 Å². The average Bonchev–Trinajstić information content (AvgIpc) is 2.80. The molecular weight excluding hydrogens is 442 g/mol. The Kier molecular flexibility index (Phi) is 8.11. The van der Waals surface area contributed by atoms with E-state index in [1.54, 1.807) is 42.5 Å². The number of hydrogen-bond acceptors (Lipinski definition) is 4. The average molecular weight is 466 g/mol. The minimum Gasteiger partial charge on any atom is -0.490 e. The van der Waals surface area contributed by atoms with Crippen LogP contribution >= 0.6 is 11.6 Å². The molecule has 6 nitrogen and oxygen atoms in total. The number of carbonyl (C=O) groups excluding carboxylic acids is 1. The molecule has 170 valence electrons. The van der Waals surface area contributed by atoms with Crippen molar-refractivity contribution in [1.82, 2.24) is 5.32 Å². The summed E-state index contributed by atoms with van der Waals surface area (Å²) in [6, 6.07) is 19.4. The van der Waals surface area contributed by atoms with Crippen LogP contribution < -0.4 is 14.8 Å². The van der Waals surface area contributed by atoms with Crippen LogP contribution in [0.15, 0.2) is 72.4 Å². The van der Waals surface area contributed by atoms with E-state index in [4.69, 9.17) is 21.1 Å². The van der Waals surface area contributed by atoms with E-state index in [0.717, 1.165) is 11.1 Å². The van der Waals surface area contributed by atoms with Crippen molar-refractivity contribution in [3.8, 4) is 11.5 Å². The Hall–Kier alpha value is -3.77. The van der Waals surface area contributed by atoms with Crippen molar-refractivity contribution in [2.75, 3.05) is 6.61 Å². The maximum absolute atomic E-state index is 12.4. The molecule has 0 bridgehead atoms. The first kappa shape index (κ1) is 23.9. The van der Waals surface area contributed by atoms with Crippen LogP contribution in [-0.2, 0) is 11.4 Å². The molecule has 0 aliphatic rings. The monoisotopic (exact) mass is 465 g/mol. The highest BCUT2D eigenvalue weighted by Crippen LogP contribution is 2.38. The fourth-order valence-electron chi connectivity index (χ4n) is 3.10. The van der Waals surface area contributed by atoms with E-state index in [0.29, 0.717) is 35.8 Å². The van der Waals surface area contributed by atoms with Gasteiger partial charge in [0.2, 0.25) is 0 Å². The van der Waals surface area contributed by atoms with Crippen LogP contribution in [0.1, 0.15) is 34.0 Å². The summed E-state index contributed by atoms with van der Waals surface area (Å²) >= 11 is 6.47. The fraction of sp³-hybridized carbons (Fsp3) is 0.154. The summed E-state index contributed by atoms with van der Waals surface area (Å²) in [6.45, 7) is 4.48. The summed E-state index contributed by atoms with van der Waals surface area (Å²) < 4.78 is 11.6. The third kappa shape index (κ3) is 6.37. The van der Waals surface area contributed by atoms with E-state index in [9.17, 15) is 14.7 Å². The van der Waals surface area contributed by atoms with Crippen LogP contribution in [0.5, 0.6) is 11.5 Å². The minimum atomic E-state index is -1.28. The van der Waals surface area contributed by atoms with Crippen LogP contribution in [0.3, 0.4) is 0 Å². The highest BCUT2D eigenvalue weighted by molar-refractivity contribution is 6.32. The second-order valence-electron chi connectivity index (χ2n) is 7.16. The maximum Gasteiger partial charge on any atom is 0.352 e. The van der Waals surface area contributed by atoms with Crippen molar-refractivity contribution in [2.24, 2.45) is 0 Å². The van der Waals surface area contributed by atoms with Crippen LogP contribution in [0, 0.1) is 6.92 Å². The van der Waals surface area contributed by atoms with Crippen molar-refractivity contribution in [3.63, 3.8) is 0 Å². The van der Waals surface area contributed by atoms with Gasteiger partial charge in [-0.15, -0.1) is 0 Å². The van der Waals surface area contributed by atoms with Crippen molar-refractivity contribution in [1.29, 1.82) is 0 Å². The molecule has 0 heterocycles. The predicted octanol–water partition coefficient (Wildman–Crippen LogP) is 5.48. The maximum atomic E-state index is 12.4. The van der Waals surface area contributed by atoms with Gasteiger partial charge in [0.05, 0.1) is 11.6 Å². The molecule has 2 N–H and O–H groups in total. The van der Waals surface area contributed by atoms with E-state index in [-0.39, 0.29) is 10.7 Å². The van der Waals surface area contributed by atoms with Crippen LogP contribution in [0.25, 0.3) is 6.08 Å². The number of halogens is 1. The summed E-state index contributed by atoms with van der Waals surface area (Å²) in [7, 11) is 0. The summed E-state index contributed by atoms with van der Waals surface area (Å²) in [5.41, 5.74) is 2.59. The lowest BCUT2D eigenvalue weighted by atomic mass is 10.1. The zero-order chi connectivity index (χ0) is 23.8. The molecule has 0 fully saturated rings. The predicted molar refractivity (Wildman–Crippen MR) is 128 cm³/mol. The van der Waals surface area contributed by atoms with Crippen LogP contribution in [0.2, 0.25) is 5.02 Å². The molecule has 3 aromatic rings. The number of amides is 1. The topological polar surface area (TPSA) is 84.9 Å². The quantitative estimate of drug-likeness (QED) is 0.408. The normalized spacial score (nSPS) is 11.1. The molecule has 0 aromatic heterocycles. The molecule has 0 unspecified atom stereocenters. The number of ether oxygens (including phenoxy) is 2. The van der Waals surface area contributed by atoms with Crippen LogP contribution in [0.4, 0.5) is 0 Å². The largest absolute Gasteiger partial charge is 0.490 e. The molecule has 0 radical (unpaired) electrons. The molecule has 7 heteroatoms. The molecule has 3 aromatic carbocycles. The molecular formula is C26H24ClNO5. The Bertz CT molecular complexity index is 1170. The number of carbonyl (C=O) groups is 2. The summed E-state index contributed by atoms with van der Waals surface area (Å²) in [6.07, 6.45) is 1.32. The standard InChI is InChI=1S/C26H24ClNO5/c1-3-32-23-15-18(13-21(27)24(23)33-16-20-12-8-7-9-17(20)2)14-22(26(30)31)28-25(29)19-10-5-4-6-11-19/h4-15H,3,16H2,1-2H3,(H,28,29)(H,30,31)/b22-14+. The third-order valence-electron chi connectivity index (χ3n) is 4.79. The van der Waals surface area contributed by atoms with Gasteiger partial charge in [-0.1, -0.05) is 54.1 Å². The van der Waals surface area contributed by atoms with E-state index in [2.05, 4.69) is 5.32 Å². The van der Waals surface area contributed by atoms with Gasteiger partial charge in [0, 0.05) is 5.56 Å². The lowest BCUT2D eigenvalue weighted by molar-refractivity contribution is -0.132. The van der Waals surface area contributed by atoms with E-state index >= 15 is 0 Å². The van der Waals surface area contributed by atoms with Gasteiger partial charge in [-0.3, -0.25) is 4.79 Å². The first-order valence-electron chi connectivity index (χ1n) is 10.3. The van der Waals surface area contributed by atoms with Gasteiger partial charge in [0.15, 0.2) is 11.5 Å². The highest BCUT2D eigenvalue weighted by atomic mass is 35.5. The number of aryl methyl sites for hydroxylation is 1. The van der Waals surface area contributed by atoms with Crippen LogP contribution in [-0.4, -0.2) is 23.6 Å². The summed E-state index contributed by atoms with van der Waals surface area (Å²) in [5.74, 6) is -1.07. The van der Waals surface area contributed by atoms with Crippen molar-refractivity contribution < 1.29 is 24.2 Å². The number of rotatable bonds is 9. The number of benzene rings is 3. The first-order chi connectivity index (χ1) is 15.9. The number of carboxylic acid groups (broad SMARTS) is 1. The summed E-state index contributed by atoms with van der Waals surface area (Å²) in [5, 5.41) is 12.3. The number of aliphatic carboxylic acids is 1. The van der Waals surface area contributed by atoms with Gasteiger partial charge >= 0.3 is 5.97 Å². The Labute approximate surface area is 197 Å². The number of nitrogens with one attached hydrogen (secondary N) is 1. The van der Waals surface area contributed by atoms with Crippen molar-refractivity contribution >= 4 is 29.6 Å². The molecule has 0 atom stereocenters. The zero-order valence-corrected chi connectivity index (χ0v) is 19.1. The van der Waals surface area contributed by atoms with Crippen molar-refractivity contribution in [2.45, 2.75) is 20.5 Å². The lowest BCUT2D eigenvalue weighted by Gasteiger charge is -2.15. The van der Waals surface area contributed by atoms with E-state index in [1.807, 2.05) is 38.1 Å². The molecule has 3 rings (SSSR count). The van der Waals surface area contributed by atoms with E-state index in [1.165, 1.54) is 6.08 Å². The smallest absolute Gasteiger partial charge is 0.352 e. The van der Waals surface area contributed by atoms with Gasteiger partial charge in [0.1, 0.15) is 12.3 Å². The third-order valence-corrected chi connectivity index (χ3v) is 5.07. The number of carboxylic acids is 1. The molecule has 0 aliphatic heterocycles. The Morgan fingerprint density at radius 2 is 1.73 bits per heavy atom. The Morgan fingerprint density at radius 1 is 1.03 bits per heavy atom. The molecule has 0 aliphatic carbocycles. The van der Waals surface area contributed by atoms with Crippen molar-refractivity contribution in [3.05, 3.63) is 99.7 Å². The van der Waals surface area contributed by atoms with Gasteiger partial charge in [-0.2, -0.15) is 0 Å². The fourth-order valence-corrected chi connectivity index (χ4v) is 3.37. The summed E-state index contributed by atoms with van der Waals surface area (Å²) in [4.78, 5) is 24.2. The second kappa shape index (κ2) is 11.2. The van der Waals surface area contributed by atoms with Gasteiger partial charge < -0.3 is 19.9 Å². The Balaban J connectivity index is 1.88. The molecule has 33 heavy (non-hydrogen) atoms. The van der Waals surface area contributed by atoms with Gasteiger partial charge in [-0.25, -0.2) is 4.79 Å². The molecule has 1 amide bonds. The lowest BCUT2D eigenvalue weighted by Crippen LogP contribution is -2.27. The second-order valence-corrected chi connectivity index (χ2v) is 7.57. The number of hydrogen-bond donors (Lipinski definition) is 2. The SMILES string of the molecule is CCOc1cc(/C=C(/NC(=O)c2ccccc2)C(=O)O)cc(Cl)c1OCc1ccccc1C. The van der Waals surface area contributed by atoms with E-state index < -0.39 is 11.9 Å². The molecule has 0 spiro atoms. The Morgan fingerprint density at radius 3 is 2.39 bits per heavy atom.